The SMILES string of the molecule is O=Cc1cc2c3c(c1Oc1[nH]ncc1C(=O)O)CCCN3CCC2. The maximum absolute atomic E-state index is 11.6. The molecular formula is C17H17N3O4. The summed E-state index contributed by atoms with van der Waals surface area (Å²) in [5.41, 5.74) is 3.73. The normalized spacial score (nSPS) is 15.8. The minimum Gasteiger partial charge on any atom is -0.477 e. The molecule has 1 aromatic heterocycles. The maximum atomic E-state index is 11.6. The Balaban J connectivity index is 1.85. The molecule has 2 aliphatic heterocycles. The lowest BCUT2D eigenvalue weighted by atomic mass is 9.89. The van der Waals surface area contributed by atoms with Gasteiger partial charge in [0.05, 0.1) is 11.8 Å². The summed E-state index contributed by atoms with van der Waals surface area (Å²) in [6.07, 6.45) is 5.80. The Morgan fingerprint density at radius 2 is 2.12 bits per heavy atom. The number of rotatable bonds is 4. The van der Waals surface area contributed by atoms with Crippen molar-refractivity contribution >= 4 is 17.9 Å². The zero-order valence-electron chi connectivity index (χ0n) is 13.0. The summed E-state index contributed by atoms with van der Waals surface area (Å²) in [5, 5.41) is 15.5. The second-order valence-corrected chi connectivity index (χ2v) is 6.11. The second-order valence-electron chi connectivity index (χ2n) is 6.11. The van der Waals surface area contributed by atoms with Crippen LogP contribution < -0.4 is 9.64 Å². The number of carbonyl (C=O) groups excluding carboxylic acids is 1. The fourth-order valence-electron chi connectivity index (χ4n) is 3.67. The number of benzene rings is 1. The zero-order chi connectivity index (χ0) is 16.7. The maximum Gasteiger partial charge on any atom is 0.342 e. The van der Waals surface area contributed by atoms with Gasteiger partial charge in [0.1, 0.15) is 11.3 Å². The van der Waals surface area contributed by atoms with E-state index in [0.717, 1.165) is 56.3 Å². The van der Waals surface area contributed by atoms with Gasteiger partial charge in [-0.05, 0) is 37.3 Å². The molecule has 0 amide bonds. The van der Waals surface area contributed by atoms with Crippen molar-refractivity contribution in [3.05, 3.63) is 34.5 Å². The monoisotopic (exact) mass is 327 g/mol. The third-order valence-electron chi connectivity index (χ3n) is 4.67. The number of nitrogens with one attached hydrogen (secondary N) is 1. The topological polar surface area (TPSA) is 95.5 Å². The number of nitrogens with zero attached hydrogens (tertiary/aromatic N) is 2. The van der Waals surface area contributed by atoms with E-state index in [1.807, 2.05) is 6.07 Å². The smallest absolute Gasteiger partial charge is 0.342 e. The molecule has 124 valence electrons. The van der Waals surface area contributed by atoms with Crippen molar-refractivity contribution < 1.29 is 19.4 Å². The first kappa shape index (κ1) is 14.7. The fourth-order valence-corrected chi connectivity index (χ4v) is 3.67. The third kappa shape index (κ3) is 2.24. The molecule has 0 radical (unpaired) electrons. The van der Waals surface area contributed by atoms with Crippen LogP contribution in [0.5, 0.6) is 11.6 Å². The first-order valence-electron chi connectivity index (χ1n) is 8.02. The van der Waals surface area contributed by atoms with Crippen molar-refractivity contribution in [2.75, 3.05) is 18.0 Å². The van der Waals surface area contributed by atoms with Crippen molar-refractivity contribution in [2.45, 2.75) is 25.7 Å². The summed E-state index contributed by atoms with van der Waals surface area (Å²) >= 11 is 0. The van der Waals surface area contributed by atoms with E-state index in [0.29, 0.717) is 11.3 Å². The molecule has 24 heavy (non-hydrogen) atoms. The van der Waals surface area contributed by atoms with Crippen LogP contribution in [0.3, 0.4) is 0 Å². The Hall–Kier alpha value is -2.83. The number of aromatic amines is 1. The average molecular weight is 327 g/mol. The van der Waals surface area contributed by atoms with Crippen LogP contribution in [-0.4, -0.2) is 40.6 Å². The zero-order valence-corrected chi connectivity index (χ0v) is 13.0. The van der Waals surface area contributed by atoms with Crippen LogP contribution in [0.4, 0.5) is 5.69 Å². The van der Waals surface area contributed by atoms with E-state index in [1.165, 1.54) is 11.8 Å². The van der Waals surface area contributed by atoms with Crippen molar-refractivity contribution in [2.24, 2.45) is 0 Å². The van der Waals surface area contributed by atoms with Gasteiger partial charge in [-0.15, -0.1) is 0 Å². The number of carboxylic acid groups (broad SMARTS) is 1. The molecule has 2 N–H and O–H groups in total. The number of aldehydes is 1. The predicted molar refractivity (Wildman–Crippen MR) is 86.3 cm³/mol. The Labute approximate surface area is 138 Å². The summed E-state index contributed by atoms with van der Waals surface area (Å²) in [4.78, 5) is 25.2. The number of hydrogen-bond donors (Lipinski definition) is 2. The number of aromatic carboxylic acids is 1. The average Bonchev–Trinajstić information content (AvgIpc) is 3.06. The Morgan fingerprint density at radius 1 is 1.33 bits per heavy atom. The molecule has 3 heterocycles. The van der Waals surface area contributed by atoms with Crippen LogP contribution in [0.2, 0.25) is 0 Å². The van der Waals surface area contributed by atoms with Crippen LogP contribution in [0.15, 0.2) is 12.3 Å². The minimum atomic E-state index is -1.13. The first-order chi connectivity index (χ1) is 11.7. The van der Waals surface area contributed by atoms with Crippen molar-refractivity contribution in [3.8, 4) is 11.6 Å². The van der Waals surface area contributed by atoms with E-state index in [4.69, 9.17) is 4.74 Å². The number of hydrogen-bond acceptors (Lipinski definition) is 5. The van der Waals surface area contributed by atoms with Gasteiger partial charge in [-0.1, -0.05) is 0 Å². The summed E-state index contributed by atoms with van der Waals surface area (Å²) in [5.74, 6) is -0.628. The van der Waals surface area contributed by atoms with E-state index < -0.39 is 5.97 Å². The highest BCUT2D eigenvalue weighted by Crippen LogP contribution is 2.43. The number of carbonyl (C=O) groups is 2. The molecule has 0 atom stereocenters. The lowest BCUT2D eigenvalue weighted by Gasteiger charge is -2.37. The number of H-pyrrole nitrogens is 1. The van der Waals surface area contributed by atoms with Crippen LogP contribution >= 0.6 is 0 Å². The van der Waals surface area contributed by atoms with E-state index in [-0.39, 0.29) is 11.4 Å². The van der Waals surface area contributed by atoms with Crippen molar-refractivity contribution in [3.63, 3.8) is 0 Å². The van der Waals surface area contributed by atoms with Crippen LogP contribution in [0, 0.1) is 0 Å². The Bertz CT molecular complexity index is 825. The molecule has 0 spiro atoms. The van der Waals surface area contributed by atoms with Gasteiger partial charge in [0.15, 0.2) is 6.29 Å². The van der Waals surface area contributed by atoms with E-state index in [2.05, 4.69) is 15.1 Å². The molecule has 2 aliphatic rings. The third-order valence-corrected chi connectivity index (χ3v) is 4.67. The molecule has 0 saturated carbocycles. The van der Waals surface area contributed by atoms with Gasteiger partial charge in [-0.25, -0.2) is 9.89 Å². The van der Waals surface area contributed by atoms with Gasteiger partial charge < -0.3 is 14.7 Å². The highest BCUT2D eigenvalue weighted by Gasteiger charge is 2.29. The van der Waals surface area contributed by atoms with Gasteiger partial charge in [0.25, 0.3) is 0 Å². The molecule has 0 aliphatic carbocycles. The number of ether oxygens (including phenoxy) is 1. The molecule has 7 nitrogen and oxygen atoms in total. The first-order valence-corrected chi connectivity index (χ1v) is 8.02. The van der Waals surface area contributed by atoms with Crippen molar-refractivity contribution in [1.29, 1.82) is 0 Å². The quantitative estimate of drug-likeness (QED) is 0.837. The van der Waals surface area contributed by atoms with Gasteiger partial charge >= 0.3 is 5.97 Å². The van der Waals surface area contributed by atoms with Crippen LogP contribution in [-0.2, 0) is 12.8 Å². The number of aromatic nitrogens is 2. The molecule has 0 fully saturated rings. The highest BCUT2D eigenvalue weighted by atomic mass is 16.5. The lowest BCUT2D eigenvalue weighted by Crippen LogP contribution is -2.34. The van der Waals surface area contributed by atoms with Gasteiger partial charge in [0.2, 0.25) is 5.88 Å². The van der Waals surface area contributed by atoms with Crippen molar-refractivity contribution in [1.82, 2.24) is 10.2 Å². The van der Waals surface area contributed by atoms with Crippen LogP contribution in [0.25, 0.3) is 0 Å². The predicted octanol–water partition coefficient (Wildman–Crippen LogP) is 2.41. The summed E-state index contributed by atoms with van der Waals surface area (Å²) in [6, 6.07) is 1.87. The van der Waals surface area contributed by atoms with E-state index >= 15 is 0 Å². The minimum absolute atomic E-state index is 0.0507. The van der Waals surface area contributed by atoms with E-state index in [1.54, 1.807) is 0 Å². The Kier molecular flexibility index (Phi) is 3.48. The van der Waals surface area contributed by atoms with Crippen LogP contribution in [0.1, 0.15) is 44.7 Å². The van der Waals surface area contributed by atoms with Gasteiger partial charge in [-0.3, -0.25) is 4.79 Å². The molecule has 2 aromatic rings. The number of aryl methyl sites for hydroxylation is 1. The summed E-state index contributed by atoms with van der Waals surface area (Å²) < 4.78 is 5.85. The number of carboxylic acids is 1. The summed E-state index contributed by atoms with van der Waals surface area (Å²) in [6.45, 7) is 2.01. The standard InChI is InChI=1S/C17H17N3O4/c21-9-11-7-10-3-1-5-20-6-2-4-12(14(10)20)15(11)24-16-13(17(22)23)8-18-19-16/h7-9H,1-6H2,(H,18,19)(H,22,23). The lowest BCUT2D eigenvalue weighted by molar-refractivity contribution is 0.0694. The highest BCUT2D eigenvalue weighted by molar-refractivity contribution is 5.90. The molecular weight excluding hydrogens is 310 g/mol. The molecule has 0 bridgehead atoms. The molecule has 0 unspecified atom stereocenters. The molecule has 0 saturated heterocycles. The Morgan fingerprint density at radius 3 is 2.88 bits per heavy atom. The van der Waals surface area contributed by atoms with Gasteiger partial charge in [0, 0.05) is 24.3 Å². The largest absolute Gasteiger partial charge is 0.477 e. The molecule has 4 rings (SSSR count). The fraction of sp³-hybridized carbons (Fsp3) is 0.353. The van der Waals surface area contributed by atoms with E-state index in [9.17, 15) is 14.7 Å². The summed E-state index contributed by atoms with van der Waals surface area (Å²) in [7, 11) is 0. The second kappa shape index (κ2) is 5.67. The van der Waals surface area contributed by atoms with Gasteiger partial charge in [-0.2, -0.15) is 5.10 Å². The molecule has 1 aromatic carbocycles. The number of anilines is 1. The molecule has 7 heteroatoms.